The minimum absolute atomic E-state index is 0.552. The summed E-state index contributed by atoms with van der Waals surface area (Å²) in [5.74, 6) is 0.819. The van der Waals surface area contributed by atoms with Crippen LogP contribution in [0, 0.1) is 0 Å². The summed E-state index contributed by atoms with van der Waals surface area (Å²) in [6, 6.07) is 22.7. The molecule has 3 rings (SSSR count). The molecule has 0 aliphatic rings. The molecular weight excluding hydrogens is 298 g/mol. The number of hydrogen-bond donors (Lipinski definition) is 1. The van der Waals surface area contributed by atoms with Gasteiger partial charge in [0.15, 0.2) is 0 Å². The Kier molecular flexibility index (Phi) is 5.64. The molecule has 0 saturated heterocycles. The fourth-order valence-corrected chi connectivity index (χ4v) is 2.61. The maximum Gasteiger partial charge on any atom is 0.212 e. The Morgan fingerprint density at radius 3 is 2.29 bits per heavy atom. The molecule has 0 saturated carbocycles. The monoisotopic (exact) mass is 321 g/mol. The molecule has 1 aromatic heterocycles. The number of nitrogens with one attached hydrogen (secondary N) is 1. The number of benzene rings is 2. The van der Waals surface area contributed by atoms with Crippen LogP contribution in [0.3, 0.4) is 0 Å². The molecule has 1 N–H and O–H groups in total. The first-order chi connectivity index (χ1) is 11.8. The quantitative estimate of drug-likeness (QED) is 0.691. The summed E-state index contributed by atoms with van der Waals surface area (Å²) < 4.78 is 7.97. The third-order valence-electron chi connectivity index (χ3n) is 3.84. The zero-order valence-electron chi connectivity index (χ0n) is 14.0. The highest BCUT2D eigenvalue weighted by molar-refractivity contribution is 5.20. The minimum atomic E-state index is 0.552. The van der Waals surface area contributed by atoms with E-state index in [4.69, 9.17) is 4.74 Å². The van der Waals surface area contributed by atoms with Crippen molar-refractivity contribution in [2.24, 2.45) is 0 Å². The van der Waals surface area contributed by atoms with Gasteiger partial charge in [-0.1, -0.05) is 60.7 Å². The predicted molar refractivity (Wildman–Crippen MR) is 95.9 cm³/mol. The summed E-state index contributed by atoms with van der Waals surface area (Å²) in [6.45, 7) is 2.09. The van der Waals surface area contributed by atoms with Gasteiger partial charge in [-0.3, -0.25) is 0 Å². The third kappa shape index (κ3) is 4.46. The van der Waals surface area contributed by atoms with Crippen LogP contribution in [0.4, 0.5) is 0 Å². The van der Waals surface area contributed by atoms with Crippen molar-refractivity contribution in [2.75, 3.05) is 7.05 Å². The van der Waals surface area contributed by atoms with Crippen LogP contribution in [0.5, 0.6) is 5.88 Å². The van der Waals surface area contributed by atoms with Gasteiger partial charge in [0.2, 0.25) is 5.88 Å². The first-order valence-electron chi connectivity index (χ1n) is 8.27. The Morgan fingerprint density at radius 2 is 1.62 bits per heavy atom. The number of aryl methyl sites for hydroxylation is 2. The van der Waals surface area contributed by atoms with Gasteiger partial charge < -0.3 is 10.1 Å². The SMILES string of the molecule is CNCc1cc(OCc2ccccc2)n(CCc2ccccc2)n1. The molecule has 4 heteroatoms. The molecule has 24 heavy (non-hydrogen) atoms. The molecule has 0 fully saturated rings. The fourth-order valence-electron chi connectivity index (χ4n) is 2.61. The zero-order valence-corrected chi connectivity index (χ0v) is 14.0. The minimum Gasteiger partial charge on any atom is -0.473 e. The van der Waals surface area contributed by atoms with Crippen molar-refractivity contribution in [2.45, 2.75) is 26.1 Å². The molecular formula is C20H23N3O. The normalized spacial score (nSPS) is 10.7. The lowest BCUT2D eigenvalue weighted by atomic mass is 10.1. The highest BCUT2D eigenvalue weighted by atomic mass is 16.5. The smallest absolute Gasteiger partial charge is 0.212 e. The van der Waals surface area contributed by atoms with E-state index in [1.165, 1.54) is 5.56 Å². The van der Waals surface area contributed by atoms with Crippen LogP contribution in [-0.2, 0) is 26.1 Å². The van der Waals surface area contributed by atoms with Crippen LogP contribution in [0.15, 0.2) is 66.7 Å². The van der Waals surface area contributed by atoms with E-state index in [0.29, 0.717) is 6.61 Å². The van der Waals surface area contributed by atoms with E-state index in [1.54, 1.807) is 0 Å². The molecule has 0 amide bonds. The second kappa shape index (κ2) is 8.31. The van der Waals surface area contributed by atoms with Crippen molar-refractivity contribution in [3.63, 3.8) is 0 Å². The number of hydrogen-bond acceptors (Lipinski definition) is 3. The second-order valence-corrected chi connectivity index (χ2v) is 5.74. The predicted octanol–water partition coefficient (Wildman–Crippen LogP) is 3.42. The van der Waals surface area contributed by atoms with E-state index in [1.807, 2.05) is 42.1 Å². The van der Waals surface area contributed by atoms with Gasteiger partial charge in [-0.25, -0.2) is 4.68 Å². The Balaban J connectivity index is 1.69. The molecule has 1 heterocycles. The number of rotatable bonds is 8. The van der Waals surface area contributed by atoms with Crippen LogP contribution in [-0.4, -0.2) is 16.8 Å². The maximum absolute atomic E-state index is 6.01. The number of ether oxygens (including phenoxy) is 1. The van der Waals surface area contributed by atoms with Gasteiger partial charge in [-0.15, -0.1) is 0 Å². The largest absolute Gasteiger partial charge is 0.473 e. The molecule has 0 radical (unpaired) electrons. The zero-order chi connectivity index (χ0) is 16.6. The van der Waals surface area contributed by atoms with Crippen molar-refractivity contribution >= 4 is 0 Å². The van der Waals surface area contributed by atoms with Crippen molar-refractivity contribution in [3.05, 3.63) is 83.6 Å². The van der Waals surface area contributed by atoms with Gasteiger partial charge in [0, 0.05) is 19.2 Å². The Bertz CT molecular complexity index is 677. The molecule has 124 valence electrons. The van der Waals surface area contributed by atoms with E-state index >= 15 is 0 Å². The van der Waals surface area contributed by atoms with E-state index in [9.17, 15) is 0 Å². The molecule has 2 aromatic carbocycles. The van der Waals surface area contributed by atoms with Crippen LogP contribution >= 0.6 is 0 Å². The highest BCUT2D eigenvalue weighted by Gasteiger charge is 2.09. The van der Waals surface area contributed by atoms with Crippen molar-refractivity contribution in [1.29, 1.82) is 0 Å². The summed E-state index contributed by atoms with van der Waals surface area (Å²) >= 11 is 0. The molecule has 0 unspecified atom stereocenters. The van der Waals surface area contributed by atoms with Gasteiger partial charge in [-0.05, 0) is 24.6 Å². The summed E-state index contributed by atoms with van der Waals surface area (Å²) in [4.78, 5) is 0. The van der Waals surface area contributed by atoms with E-state index in [2.05, 4.69) is 46.8 Å². The molecule has 0 bridgehead atoms. The van der Waals surface area contributed by atoms with Crippen LogP contribution in [0.2, 0.25) is 0 Å². The third-order valence-corrected chi connectivity index (χ3v) is 3.84. The molecule has 4 nitrogen and oxygen atoms in total. The van der Waals surface area contributed by atoms with Gasteiger partial charge in [0.05, 0.1) is 5.69 Å². The van der Waals surface area contributed by atoms with Crippen LogP contribution in [0.25, 0.3) is 0 Å². The van der Waals surface area contributed by atoms with Crippen LogP contribution in [0.1, 0.15) is 16.8 Å². The first kappa shape index (κ1) is 16.3. The topological polar surface area (TPSA) is 39.1 Å². The average molecular weight is 321 g/mol. The van der Waals surface area contributed by atoms with Gasteiger partial charge in [0.1, 0.15) is 6.61 Å². The number of nitrogens with zero attached hydrogens (tertiary/aromatic N) is 2. The van der Waals surface area contributed by atoms with Crippen molar-refractivity contribution in [3.8, 4) is 5.88 Å². The first-order valence-corrected chi connectivity index (χ1v) is 8.27. The van der Waals surface area contributed by atoms with Crippen molar-refractivity contribution < 1.29 is 4.74 Å². The average Bonchev–Trinajstić information content (AvgIpc) is 3.02. The Hall–Kier alpha value is -2.59. The second-order valence-electron chi connectivity index (χ2n) is 5.74. The van der Waals surface area contributed by atoms with Crippen LogP contribution < -0.4 is 10.1 Å². The molecule has 0 aliphatic heterocycles. The summed E-state index contributed by atoms with van der Waals surface area (Å²) in [5.41, 5.74) is 3.45. The Labute approximate surface area is 143 Å². The summed E-state index contributed by atoms with van der Waals surface area (Å²) in [6.07, 6.45) is 0.934. The standard InChI is InChI=1S/C20H23N3O/c1-21-15-19-14-20(24-16-18-10-6-3-7-11-18)23(22-19)13-12-17-8-4-2-5-9-17/h2-11,14,21H,12-13,15-16H2,1H3. The fraction of sp³-hybridized carbons (Fsp3) is 0.250. The summed E-state index contributed by atoms with van der Waals surface area (Å²) in [7, 11) is 1.92. The molecule has 3 aromatic rings. The molecule has 0 spiro atoms. The van der Waals surface area contributed by atoms with E-state index in [0.717, 1.165) is 36.6 Å². The molecule has 0 aliphatic carbocycles. The number of aromatic nitrogens is 2. The van der Waals surface area contributed by atoms with Gasteiger partial charge >= 0.3 is 0 Å². The lowest BCUT2D eigenvalue weighted by molar-refractivity contribution is 0.272. The lowest BCUT2D eigenvalue weighted by Gasteiger charge is -2.09. The maximum atomic E-state index is 6.01. The van der Waals surface area contributed by atoms with E-state index < -0.39 is 0 Å². The van der Waals surface area contributed by atoms with Gasteiger partial charge in [0.25, 0.3) is 0 Å². The summed E-state index contributed by atoms with van der Waals surface area (Å²) in [5, 5.41) is 7.80. The van der Waals surface area contributed by atoms with Gasteiger partial charge in [-0.2, -0.15) is 5.10 Å². The lowest BCUT2D eigenvalue weighted by Crippen LogP contribution is -2.09. The van der Waals surface area contributed by atoms with E-state index in [-0.39, 0.29) is 0 Å². The van der Waals surface area contributed by atoms with Crippen molar-refractivity contribution in [1.82, 2.24) is 15.1 Å². The molecule has 0 atom stereocenters. The highest BCUT2D eigenvalue weighted by Crippen LogP contribution is 2.17. The Morgan fingerprint density at radius 1 is 0.958 bits per heavy atom.